The van der Waals surface area contributed by atoms with Crippen LogP contribution in [0.2, 0.25) is 0 Å². The van der Waals surface area contributed by atoms with Gasteiger partial charge in [-0.3, -0.25) is 14.4 Å². The van der Waals surface area contributed by atoms with E-state index in [1.807, 2.05) is 26.0 Å². The molecule has 3 heterocycles. The summed E-state index contributed by atoms with van der Waals surface area (Å²) < 4.78 is 0. The van der Waals surface area contributed by atoms with E-state index in [4.69, 9.17) is 0 Å². The average Bonchev–Trinajstić information content (AvgIpc) is 3.20. The Labute approximate surface area is 204 Å². The molecule has 1 saturated carbocycles. The van der Waals surface area contributed by atoms with Crippen molar-refractivity contribution in [1.82, 2.24) is 20.2 Å². The summed E-state index contributed by atoms with van der Waals surface area (Å²) in [7, 11) is 0. The maximum Gasteiger partial charge on any atom is 0.242 e. The minimum atomic E-state index is -1.41. The van der Waals surface area contributed by atoms with E-state index in [-0.39, 0.29) is 35.5 Å². The Morgan fingerprint density at radius 3 is 2.57 bits per heavy atom. The number of carbonyl (C=O) groups is 3. The first-order valence-corrected chi connectivity index (χ1v) is 12.1. The van der Waals surface area contributed by atoms with Gasteiger partial charge in [0.1, 0.15) is 11.9 Å². The molecule has 182 valence electrons. The van der Waals surface area contributed by atoms with Crippen LogP contribution >= 0.6 is 0 Å². The Morgan fingerprint density at radius 2 is 1.89 bits per heavy atom. The molecule has 1 unspecified atom stereocenters. The second-order valence-electron chi connectivity index (χ2n) is 10.2. The number of carbonyl (C=O) groups excluding carboxylic acids is 3. The fourth-order valence-corrected chi connectivity index (χ4v) is 5.42. The first-order valence-electron chi connectivity index (χ1n) is 12.1. The maximum atomic E-state index is 13.8. The van der Waals surface area contributed by atoms with Gasteiger partial charge in [-0.15, -0.1) is 0 Å². The van der Waals surface area contributed by atoms with E-state index in [0.29, 0.717) is 30.0 Å². The molecule has 35 heavy (non-hydrogen) atoms. The fraction of sp³-hybridized carbons (Fsp3) is 0.500. The molecular formula is C26H30N6O3. The van der Waals surface area contributed by atoms with Gasteiger partial charge in [0.2, 0.25) is 11.8 Å². The normalized spacial score (nSPS) is 27.9. The van der Waals surface area contributed by atoms with E-state index in [2.05, 4.69) is 32.4 Å². The highest BCUT2D eigenvalue weighted by molar-refractivity contribution is 5.97. The maximum absolute atomic E-state index is 13.8. The Hall–Kier alpha value is -3.49. The zero-order chi connectivity index (χ0) is 25.0. The molecule has 0 spiro atoms. The SMILES string of the molecule is CCCNC(=O)[C@@H]1C[C@@]2(C)C[C@H]2N1C(=O)CC1(C(C)=O)N=Nc2ccc(-c3cnc(C)nc3)cc21. The third-order valence-electron chi connectivity index (χ3n) is 7.65. The van der Waals surface area contributed by atoms with Crippen molar-refractivity contribution in [3.63, 3.8) is 0 Å². The predicted molar refractivity (Wildman–Crippen MR) is 129 cm³/mol. The monoisotopic (exact) mass is 474 g/mol. The summed E-state index contributed by atoms with van der Waals surface area (Å²) in [6, 6.07) is 5.04. The summed E-state index contributed by atoms with van der Waals surface area (Å²) in [6.45, 7) is 7.94. The summed E-state index contributed by atoms with van der Waals surface area (Å²) in [4.78, 5) is 49.9. The lowest BCUT2D eigenvalue weighted by Crippen LogP contribution is -2.50. The molecule has 9 nitrogen and oxygen atoms in total. The molecule has 0 bridgehead atoms. The average molecular weight is 475 g/mol. The highest BCUT2D eigenvalue weighted by atomic mass is 16.2. The van der Waals surface area contributed by atoms with E-state index in [1.165, 1.54) is 6.92 Å². The molecule has 2 aliphatic heterocycles. The number of likely N-dealkylation sites (tertiary alicyclic amines) is 1. The third-order valence-corrected chi connectivity index (χ3v) is 7.65. The molecule has 2 amide bonds. The standard InChI is InChI=1S/C26H30N6O3/c1-5-8-27-24(35)21-10-25(4)11-22(25)32(21)23(34)12-26(15(2)33)19-9-17(6-7-20(19)30-31-26)18-13-28-16(3)29-14-18/h6-7,9,13-14,21-22H,5,8,10-12H2,1-4H3,(H,27,35)/t21-,22+,25-,26?/m0/s1. The summed E-state index contributed by atoms with van der Waals surface area (Å²) in [6.07, 6.45) is 5.64. The van der Waals surface area contributed by atoms with Crippen molar-refractivity contribution in [2.75, 3.05) is 6.54 Å². The van der Waals surface area contributed by atoms with E-state index >= 15 is 0 Å². The van der Waals surface area contributed by atoms with E-state index < -0.39 is 11.6 Å². The molecule has 9 heteroatoms. The Kier molecular flexibility index (Phi) is 5.53. The van der Waals surface area contributed by atoms with Gasteiger partial charge in [0, 0.05) is 36.1 Å². The van der Waals surface area contributed by atoms with Crippen molar-refractivity contribution in [1.29, 1.82) is 0 Å². The van der Waals surface area contributed by atoms with Crippen LogP contribution in [0, 0.1) is 12.3 Å². The Balaban J connectivity index is 1.46. The zero-order valence-corrected chi connectivity index (χ0v) is 20.5. The van der Waals surface area contributed by atoms with Gasteiger partial charge in [-0.2, -0.15) is 10.2 Å². The number of fused-ring (bicyclic) bond motifs is 2. The quantitative estimate of drug-likeness (QED) is 0.658. The Morgan fingerprint density at radius 1 is 1.14 bits per heavy atom. The number of benzene rings is 1. The first kappa shape index (κ1) is 23.3. The number of azo groups is 1. The van der Waals surface area contributed by atoms with Crippen molar-refractivity contribution in [3.8, 4) is 11.1 Å². The first-order chi connectivity index (χ1) is 16.7. The van der Waals surface area contributed by atoms with Crippen LogP contribution in [-0.4, -0.2) is 51.1 Å². The Bertz CT molecular complexity index is 1240. The molecule has 1 aromatic carbocycles. The van der Waals surface area contributed by atoms with E-state index in [9.17, 15) is 14.4 Å². The number of ketones is 1. The second kappa shape index (κ2) is 8.32. The van der Waals surface area contributed by atoms with Crippen LogP contribution in [0.4, 0.5) is 5.69 Å². The number of nitrogens with one attached hydrogen (secondary N) is 1. The zero-order valence-electron chi connectivity index (χ0n) is 20.5. The lowest BCUT2D eigenvalue weighted by Gasteiger charge is -2.30. The lowest BCUT2D eigenvalue weighted by molar-refractivity contribution is -0.142. The predicted octanol–water partition coefficient (Wildman–Crippen LogP) is 3.63. The van der Waals surface area contributed by atoms with Crippen molar-refractivity contribution in [3.05, 3.63) is 42.0 Å². The van der Waals surface area contributed by atoms with Crippen molar-refractivity contribution >= 4 is 23.3 Å². The number of hydrogen-bond donors (Lipinski definition) is 1. The van der Waals surface area contributed by atoms with Crippen LogP contribution in [0.1, 0.15) is 57.8 Å². The number of aromatic nitrogens is 2. The number of hydrogen-bond acceptors (Lipinski definition) is 7. The van der Waals surface area contributed by atoms with E-state index in [0.717, 1.165) is 24.0 Å². The number of nitrogens with zero attached hydrogens (tertiary/aromatic N) is 5. The lowest BCUT2D eigenvalue weighted by atomic mass is 9.82. The van der Waals surface area contributed by atoms with Gasteiger partial charge in [0.25, 0.3) is 0 Å². The number of piperidine rings is 1. The van der Waals surface area contributed by atoms with Crippen LogP contribution in [0.5, 0.6) is 0 Å². The third kappa shape index (κ3) is 3.83. The van der Waals surface area contributed by atoms with E-state index in [1.54, 1.807) is 23.4 Å². The van der Waals surface area contributed by atoms with Gasteiger partial charge in [-0.05, 0) is 56.2 Å². The topological polar surface area (TPSA) is 117 Å². The molecule has 4 atom stereocenters. The molecule has 1 N–H and O–H groups in total. The highest BCUT2D eigenvalue weighted by Gasteiger charge is 2.65. The molecule has 2 fully saturated rings. The van der Waals surface area contributed by atoms with Gasteiger partial charge in [0.15, 0.2) is 11.3 Å². The second-order valence-corrected chi connectivity index (χ2v) is 10.2. The van der Waals surface area contributed by atoms with Crippen LogP contribution in [0.25, 0.3) is 11.1 Å². The molecular weight excluding hydrogens is 444 g/mol. The van der Waals surface area contributed by atoms with Gasteiger partial charge >= 0.3 is 0 Å². The number of aryl methyl sites for hydroxylation is 1. The molecule has 3 aliphatic rings. The number of amides is 2. The summed E-state index contributed by atoms with van der Waals surface area (Å²) in [5, 5.41) is 11.6. The summed E-state index contributed by atoms with van der Waals surface area (Å²) in [5.41, 5.74) is 1.34. The van der Waals surface area contributed by atoms with Crippen LogP contribution in [0.3, 0.4) is 0 Å². The molecule has 2 aromatic rings. The van der Waals surface area contributed by atoms with Crippen molar-refractivity contribution in [2.45, 2.75) is 71.0 Å². The highest BCUT2D eigenvalue weighted by Crippen LogP contribution is 2.59. The van der Waals surface area contributed by atoms with Gasteiger partial charge < -0.3 is 10.2 Å². The van der Waals surface area contributed by atoms with Crippen molar-refractivity contribution < 1.29 is 14.4 Å². The summed E-state index contributed by atoms with van der Waals surface area (Å²) >= 11 is 0. The molecule has 1 aromatic heterocycles. The summed E-state index contributed by atoms with van der Waals surface area (Å²) in [5.74, 6) is 0.0498. The van der Waals surface area contributed by atoms with Gasteiger partial charge in [0.05, 0.1) is 12.1 Å². The molecule has 1 aliphatic carbocycles. The van der Waals surface area contributed by atoms with Gasteiger partial charge in [-0.25, -0.2) is 9.97 Å². The van der Waals surface area contributed by atoms with Crippen LogP contribution < -0.4 is 5.32 Å². The largest absolute Gasteiger partial charge is 0.354 e. The van der Waals surface area contributed by atoms with Gasteiger partial charge in [-0.1, -0.05) is 19.9 Å². The number of Topliss-reactive ketones (excluding diaryl/α,β-unsaturated/α-hetero) is 1. The van der Waals surface area contributed by atoms with Crippen LogP contribution in [0.15, 0.2) is 40.8 Å². The molecule has 0 radical (unpaired) electrons. The smallest absolute Gasteiger partial charge is 0.242 e. The molecule has 1 saturated heterocycles. The number of rotatable bonds is 7. The minimum absolute atomic E-state index is 0.0187. The van der Waals surface area contributed by atoms with Crippen LogP contribution in [-0.2, 0) is 19.9 Å². The van der Waals surface area contributed by atoms with Crippen molar-refractivity contribution in [2.24, 2.45) is 15.6 Å². The minimum Gasteiger partial charge on any atom is -0.354 e. The fourth-order valence-electron chi connectivity index (χ4n) is 5.42. The molecule has 5 rings (SSSR count).